The SMILES string of the molecule is CCOC(=O)C1=C(COC(=O)c2nn(-c3ccc(F)cc3)c3c2CCC3)NC(=O)NC1C. The fourth-order valence-electron chi connectivity index (χ4n) is 4.00. The number of halogens is 1. The average Bonchev–Trinajstić information content (AvgIpc) is 3.35. The number of aromatic nitrogens is 2. The highest BCUT2D eigenvalue weighted by atomic mass is 19.1. The van der Waals surface area contributed by atoms with Crippen LogP contribution < -0.4 is 10.6 Å². The smallest absolute Gasteiger partial charge is 0.359 e. The van der Waals surface area contributed by atoms with E-state index in [2.05, 4.69) is 15.7 Å². The molecular weight excluding hydrogens is 419 g/mol. The predicted octanol–water partition coefficient (Wildman–Crippen LogP) is 2.18. The van der Waals surface area contributed by atoms with Crippen molar-refractivity contribution in [1.29, 1.82) is 0 Å². The van der Waals surface area contributed by atoms with Crippen LogP contribution in [0, 0.1) is 5.82 Å². The molecule has 0 spiro atoms. The topological polar surface area (TPSA) is 112 Å². The lowest BCUT2D eigenvalue weighted by atomic mass is 10.0. The second kappa shape index (κ2) is 8.81. The Morgan fingerprint density at radius 2 is 1.94 bits per heavy atom. The highest BCUT2D eigenvalue weighted by molar-refractivity contribution is 5.95. The first-order valence-electron chi connectivity index (χ1n) is 10.4. The van der Waals surface area contributed by atoms with Gasteiger partial charge in [-0.1, -0.05) is 0 Å². The fraction of sp³-hybridized carbons (Fsp3) is 0.364. The van der Waals surface area contributed by atoms with Gasteiger partial charge in [0, 0.05) is 11.3 Å². The number of amides is 2. The van der Waals surface area contributed by atoms with Gasteiger partial charge in [-0.2, -0.15) is 5.10 Å². The Morgan fingerprint density at radius 3 is 2.66 bits per heavy atom. The average molecular weight is 442 g/mol. The van der Waals surface area contributed by atoms with Gasteiger partial charge >= 0.3 is 18.0 Å². The molecule has 2 amide bonds. The minimum absolute atomic E-state index is 0.169. The molecule has 2 heterocycles. The molecule has 4 rings (SSSR count). The zero-order chi connectivity index (χ0) is 22.8. The van der Waals surface area contributed by atoms with Gasteiger partial charge in [0.25, 0.3) is 0 Å². The van der Waals surface area contributed by atoms with Crippen molar-refractivity contribution in [2.45, 2.75) is 39.2 Å². The Labute approximate surface area is 183 Å². The third kappa shape index (κ3) is 4.08. The van der Waals surface area contributed by atoms with Crippen LogP contribution in [-0.4, -0.2) is 47.0 Å². The normalized spacial score (nSPS) is 17.5. The lowest BCUT2D eigenvalue weighted by Gasteiger charge is -2.26. The van der Waals surface area contributed by atoms with Crippen LogP contribution in [0.5, 0.6) is 0 Å². The molecular formula is C22H23FN4O5. The number of carbonyl (C=O) groups is 3. The van der Waals surface area contributed by atoms with Crippen molar-refractivity contribution in [2.24, 2.45) is 0 Å². The summed E-state index contributed by atoms with van der Waals surface area (Å²) in [5.74, 6) is -1.62. The number of urea groups is 1. The van der Waals surface area contributed by atoms with Gasteiger partial charge in [0.1, 0.15) is 12.4 Å². The van der Waals surface area contributed by atoms with E-state index in [1.165, 1.54) is 12.1 Å². The first-order chi connectivity index (χ1) is 15.4. The molecule has 1 aromatic heterocycles. The van der Waals surface area contributed by atoms with Crippen molar-refractivity contribution in [2.75, 3.05) is 13.2 Å². The molecule has 2 aliphatic rings. The molecule has 1 unspecified atom stereocenters. The Morgan fingerprint density at radius 1 is 1.19 bits per heavy atom. The molecule has 1 aliphatic carbocycles. The van der Waals surface area contributed by atoms with E-state index < -0.39 is 24.0 Å². The van der Waals surface area contributed by atoms with Crippen LogP contribution in [0.1, 0.15) is 42.0 Å². The summed E-state index contributed by atoms with van der Waals surface area (Å²) in [6.07, 6.45) is 2.28. The van der Waals surface area contributed by atoms with Gasteiger partial charge in [0.15, 0.2) is 5.69 Å². The molecule has 10 heteroatoms. The van der Waals surface area contributed by atoms with Gasteiger partial charge in [-0.15, -0.1) is 0 Å². The molecule has 1 aromatic carbocycles. The summed E-state index contributed by atoms with van der Waals surface area (Å²) in [5, 5.41) is 9.53. The molecule has 1 atom stereocenters. The molecule has 1 aliphatic heterocycles. The highest BCUT2D eigenvalue weighted by Crippen LogP contribution is 2.28. The minimum atomic E-state index is -0.667. The molecule has 0 saturated carbocycles. The maximum atomic E-state index is 13.3. The van der Waals surface area contributed by atoms with Gasteiger partial charge in [-0.3, -0.25) is 0 Å². The van der Waals surface area contributed by atoms with Gasteiger partial charge in [0.2, 0.25) is 0 Å². The van der Waals surface area contributed by atoms with Crippen molar-refractivity contribution < 1.29 is 28.2 Å². The van der Waals surface area contributed by atoms with Crippen molar-refractivity contribution in [3.05, 3.63) is 58.3 Å². The molecule has 9 nitrogen and oxygen atoms in total. The van der Waals surface area contributed by atoms with Crippen LogP contribution in [0.25, 0.3) is 5.69 Å². The Hall–Kier alpha value is -3.69. The summed E-state index contributed by atoms with van der Waals surface area (Å²) in [5.41, 5.74) is 2.87. The van der Waals surface area contributed by atoms with Crippen molar-refractivity contribution >= 4 is 18.0 Å². The lowest BCUT2D eigenvalue weighted by Crippen LogP contribution is -2.50. The monoisotopic (exact) mass is 442 g/mol. The molecule has 0 saturated heterocycles. The number of hydrogen-bond donors (Lipinski definition) is 2. The minimum Gasteiger partial charge on any atom is -0.463 e. The van der Waals surface area contributed by atoms with Crippen LogP contribution in [0.4, 0.5) is 9.18 Å². The zero-order valence-electron chi connectivity index (χ0n) is 17.7. The van der Waals surface area contributed by atoms with Crippen molar-refractivity contribution in [3.8, 4) is 5.69 Å². The Bertz CT molecular complexity index is 1110. The Kier molecular flexibility index (Phi) is 5.93. The number of esters is 2. The lowest BCUT2D eigenvalue weighted by molar-refractivity contribution is -0.139. The van der Waals surface area contributed by atoms with E-state index in [0.717, 1.165) is 24.1 Å². The summed E-state index contributed by atoms with van der Waals surface area (Å²) >= 11 is 0. The van der Waals surface area contributed by atoms with Crippen molar-refractivity contribution in [3.63, 3.8) is 0 Å². The van der Waals surface area contributed by atoms with Crippen LogP contribution in [0.3, 0.4) is 0 Å². The molecule has 2 N–H and O–H groups in total. The van der Waals surface area contributed by atoms with Gasteiger partial charge in [-0.05, 0) is 57.4 Å². The van der Waals surface area contributed by atoms with Crippen LogP contribution >= 0.6 is 0 Å². The van der Waals surface area contributed by atoms with Crippen LogP contribution in [0.2, 0.25) is 0 Å². The fourth-order valence-corrected chi connectivity index (χ4v) is 4.00. The van der Waals surface area contributed by atoms with Gasteiger partial charge < -0.3 is 20.1 Å². The number of hydrogen-bond acceptors (Lipinski definition) is 6. The van der Waals surface area contributed by atoms with E-state index in [1.54, 1.807) is 30.7 Å². The number of rotatable bonds is 6. The van der Waals surface area contributed by atoms with E-state index in [0.29, 0.717) is 12.1 Å². The van der Waals surface area contributed by atoms with Crippen LogP contribution in [0.15, 0.2) is 35.5 Å². The number of benzene rings is 1. The highest BCUT2D eigenvalue weighted by Gasteiger charge is 2.32. The Balaban J connectivity index is 1.58. The number of nitrogens with one attached hydrogen (secondary N) is 2. The van der Waals surface area contributed by atoms with E-state index >= 15 is 0 Å². The maximum absolute atomic E-state index is 13.3. The quantitative estimate of drug-likeness (QED) is 0.664. The van der Waals surface area contributed by atoms with E-state index in [9.17, 15) is 18.8 Å². The second-order valence-electron chi connectivity index (χ2n) is 7.52. The van der Waals surface area contributed by atoms with Gasteiger partial charge in [0.05, 0.1) is 29.6 Å². The molecule has 168 valence electrons. The first kappa shape index (κ1) is 21.5. The van der Waals surface area contributed by atoms with Gasteiger partial charge in [-0.25, -0.2) is 23.5 Å². The molecule has 2 aromatic rings. The van der Waals surface area contributed by atoms with E-state index in [4.69, 9.17) is 9.47 Å². The first-order valence-corrected chi connectivity index (χ1v) is 10.4. The molecule has 0 bridgehead atoms. The standard InChI is InChI=1S/C22H23FN4O5/c1-3-31-20(28)18-12(2)24-22(30)25-16(18)11-32-21(29)19-15-5-4-6-17(15)27(26-19)14-9-7-13(23)8-10-14/h7-10,12H,3-6,11H2,1-2H3,(H2,24,25,30). The van der Waals surface area contributed by atoms with Crippen LogP contribution in [-0.2, 0) is 27.1 Å². The van der Waals surface area contributed by atoms with Crippen molar-refractivity contribution in [1.82, 2.24) is 20.4 Å². The number of carbonyl (C=O) groups excluding carboxylic acids is 3. The summed E-state index contributed by atoms with van der Waals surface area (Å²) in [6, 6.07) is 4.76. The summed E-state index contributed by atoms with van der Waals surface area (Å²) in [7, 11) is 0. The predicted molar refractivity (Wildman–Crippen MR) is 111 cm³/mol. The number of fused-ring (bicyclic) bond motifs is 1. The van der Waals surface area contributed by atoms with E-state index in [-0.39, 0.29) is 36.0 Å². The maximum Gasteiger partial charge on any atom is 0.359 e. The number of nitrogens with zero attached hydrogens (tertiary/aromatic N) is 2. The molecule has 0 fully saturated rings. The molecule has 0 radical (unpaired) electrons. The molecule has 32 heavy (non-hydrogen) atoms. The summed E-state index contributed by atoms with van der Waals surface area (Å²) in [6.45, 7) is 3.17. The summed E-state index contributed by atoms with van der Waals surface area (Å²) in [4.78, 5) is 37.1. The third-order valence-corrected chi connectivity index (χ3v) is 5.41. The number of ether oxygens (including phenoxy) is 2. The summed E-state index contributed by atoms with van der Waals surface area (Å²) < 4.78 is 25.4. The second-order valence-corrected chi connectivity index (χ2v) is 7.52. The third-order valence-electron chi connectivity index (χ3n) is 5.41. The largest absolute Gasteiger partial charge is 0.463 e. The zero-order valence-corrected chi connectivity index (χ0v) is 17.7. The van der Waals surface area contributed by atoms with E-state index in [1.807, 2.05) is 0 Å².